The van der Waals surface area contributed by atoms with Gasteiger partial charge in [0.1, 0.15) is 17.8 Å². The molecule has 0 unspecified atom stereocenters. The Hall–Kier alpha value is -3.03. The van der Waals surface area contributed by atoms with Gasteiger partial charge in [-0.15, -0.1) is 0 Å². The van der Waals surface area contributed by atoms with Crippen molar-refractivity contribution in [2.24, 2.45) is 0 Å². The minimum Gasteiger partial charge on any atom is -0.497 e. The van der Waals surface area contributed by atoms with Crippen LogP contribution in [0.3, 0.4) is 0 Å². The molecule has 1 aliphatic heterocycles. The second kappa shape index (κ2) is 8.77. The van der Waals surface area contributed by atoms with Gasteiger partial charge >= 0.3 is 0 Å². The number of nitrogens with one attached hydrogen (secondary N) is 1. The van der Waals surface area contributed by atoms with E-state index in [0.717, 1.165) is 54.4 Å². The number of halogens is 1. The smallest absolute Gasteiger partial charge is 0.158 e. The molecule has 7 nitrogen and oxygen atoms in total. The molecule has 0 atom stereocenters. The fourth-order valence-corrected chi connectivity index (χ4v) is 3.66. The maximum Gasteiger partial charge on any atom is 0.158 e. The van der Waals surface area contributed by atoms with Crippen molar-refractivity contribution in [2.45, 2.75) is 0 Å². The number of piperazine rings is 1. The van der Waals surface area contributed by atoms with Crippen molar-refractivity contribution >= 4 is 34.5 Å². The second-order valence-corrected chi connectivity index (χ2v) is 7.66. The van der Waals surface area contributed by atoms with E-state index < -0.39 is 0 Å². The highest BCUT2D eigenvalue weighted by Crippen LogP contribution is 2.36. The largest absolute Gasteiger partial charge is 0.497 e. The number of aromatic nitrogens is 2. The molecule has 3 aromatic rings. The van der Waals surface area contributed by atoms with Crippen molar-refractivity contribution in [3.05, 3.63) is 53.9 Å². The molecule has 1 aliphatic rings. The number of hydrogen-bond donors (Lipinski definition) is 2. The standard InChI is InChI=1S/C22H25ClN6O/c1-28-9-11-29(12-10-28)19-8-5-16(15-3-6-17(30-2)7-4-15)13-18(19)27-22-20(24)21(23)25-14-26-22/h3-8,13-14H,9-12,24H2,1-2H3,(H,25,26,27). The van der Waals surface area contributed by atoms with E-state index in [4.69, 9.17) is 22.1 Å². The Morgan fingerprint density at radius 2 is 1.70 bits per heavy atom. The first-order valence-corrected chi connectivity index (χ1v) is 10.2. The Balaban J connectivity index is 1.73. The minimum atomic E-state index is 0.236. The lowest BCUT2D eigenvalue weighted by Crippen LogP contribution is -2.44. The third-order valence-corrected chi connectivity index (χ3v) is 5.65. The Labute approximate surface area is 181 Å². The summed E-state index contributed by atoms with van der Waals surface area (Å²) in [5.74, 6) is 1.33. The van der Waals surface area contributed by atoms with Gasteiger partial charge < -0.3 is 25.6 Å². The van der Waals surface area contributed by atoms with Crippen molar-refractivity contribution < 1.29 is 4.74 Å². The number of rotatable bonds is 5. The fraction of sp³-hybridized carbons (Fsp3) is 0.273. The molecule has 4 rings (SSSR count). The highest BCUT2D eigenvalue weighted by molar-refractivity contribution is 6.32. The fourth-order valence-electron chi connectivity index (χ4n) is 3.52. The van der Waals surface area contributed by atoms with Gasteiger partial charge in [0.05, 0.1) is 18.5 Å². The molecule has 156 valence electrons. The van der Waals surface area contributed by atoms with Gasteiger partial charge in [0.2, 0.25) is 0 Å². The summed E-state index contributed by atoms with van der Waals surface area (Å²) in [6.45, 7) is 3.93. The Kier molecular flexibility index (Phi) is 5.92. The first-order chi connectivity index (χ1) is 14.5. The Morgan fingerprint density at radius 3 is 2.40 bits per heavy atom. The maximum absolute atomic E-state index is 6.10. The second-order valence-electron chi connectivity index (χ2n) is 7.30. The average molecular weight is 425 g/mol. The van der Waals surface area contributed by atoms with Gasteiger partial charge in [-0.3, -0.25) is 0 Å². The zero-order valence-electron chi connectivity index (χ0n) is 17.1. The molecule has 1 saturated heterocycles. The van der Waals surface area contributed by atoms with Crippen LogP contribution in [0.2, 0.25) is 5.15 Å². The molecule has 0 amide bonds. The van der Waals surface area contributed by atoms with Crippen LogP contribution in [0.5, 0.6) is 5.75 Å². The number of hydrogen-bond acceptors (Lipinski definition) is 7. The van der Waals surface area contributed by atoms with E-state index in [1.54, 1.807) is 7.11 Å². The van der Waals surface area contributed by atoms with E-state index in [0.29, 0.717) is 11.5 Å². The Bertz CT molecular complexity index is 1020. The number of nitrogens with zero attached hydrogens (tertiary/aromatic N) is 4. The average Bonchev–Trinajstić information content (AvgIpc) is 2.78. The molecule has 8 heteroatoms. The zero-order chi connectivity index (χ0) is 21.1. The predicted octanol–water partition coefficient (Wildman–Crippen LogP) is 3.88. The molecule has 0 saturated carbocycles. The number of methoxy groups -OCH3 is 1. The molecule has 1 aromatic heterocycles. The molecule has 2 aromatic carbocycles. The lowest BCUT2D eigenvalue weighted by Gasteiger charge is -2.35. The normalized spacial score (nSPS) is 14.6. The molecule has 0 aliphatic carbocycles. The monoisotopic (exact) mass is 424 g/mol. The molecule has 2 heterocycles. The first kappa shape index (κ1) is 20.3. The summed E-state index contributed by atoms with van der Waals surface area (Å²) in [5.41, 5.74) is 10.6. The van der Waals surface area contributed by atoms with Crippen molar-refractivity contribution in [3.63, 3.8) is 0 Å². The summed E-state index contributed by atoms with van der Waals surface area (Å²) in [7, 11) is 3.81. The van der Waals surface area contributed by atoms with Crippen LogP contribution in [0.15, 0.2) is 48.8 Å². The number of anilines is 4. The minimum absolute atomic E-state index is 0.236. The maximum atomic E-state index is 6.10. The molecule has 3 N–H and O–H groups in total. The molecule has 0 spiro atoms. The summed E-state index contributed by atoms with van der Waals surface area (Å²) >= 11 is 6.10. The Morgan fingerprint density at radius 1 is 1.00 bits per heavy atom. The highest BCUT2D eigenvalue weighted by Gasteiger charge is 2.19. The van der Waals surface area contributed by atoms with Crippen LogP contribution in [0.4, 0.5) is 22.9 Å². The quantitative estimate of drug-likeness (QED) is 0.601. The van der Waals surface area contributed by atoms with E-state index in [1.165, 1.54) is 6.33 Å². The van der Waals surface area contributed by atoms with Crippen LogP contribution >= 0.6 is 11.6 Å². The van der Waals surface area contributed by atoms with Crippen molar-refractivity contribution in [1.29, 1.82) is 0 Å². The predicted molar refractivity (Wildman–Crippen MR) is 123 cm³/mol. The van der Waals surface area contributed by atoms with Crippen LogP contribution in [-0.4, -0.2) is 55.2 Å². The van der Waals surface area contributed by atoms with Gasteiger partial charge in [0.25, 0.3) is 0 Å². The third-order valence-electron chi connectivity index (χ3n) is 5.35. The number of nitrogen functional groups attached to an aromatic ring is 1. The molecule has 30 heavy (non-hydrogen) atoms. The van der Waals surface area contributed by atoms with Gasteiger partial charge in [-0.25, -0.2) is 9.97 Å². The van der Waals surface area contributed by atoms with Crippen LogP contribution in [0.1, 0.15) is 0 Å². The van der Waals surface area contributed by atoms with Crippen molar-refractivity contribution in [1.82, 2.24) is 14.9 Å². The van der Waals surface area contributed by atoms with E-state index >= 15 is 0 Å². The van der Waals surface area contributed by atoms with Gasteiger partial charge in [-0.2, -0.15) is 0 Å². The van der Waals surface area contributed by atoms with Gasteiger partial charge in [-0.1, -0.05) is 29.8 Å². The molecular formula is C22H25ClN6O. The number of benzene rings is 2. The number of likely N-dealkylation sites (N-methyl/N-ethyl adjacent to an activating group) is 1. The SMILES string of the molecule is COc1ccc(-c2ccc(N3CCN(C)CC3)c(Nc3ncnc(Cl)c3N)c2)cc1. The first-order valence-electron chi connectivity index (χ1n) is 9.80. The van der Waals surface area contributed by atoms with Crippen molar-refractivity contribution in [2.75, 3.05) is 56.3 Å². The number of nitrogens with two attached hydrogens (primary N) is 1. The summed E-state index contributed by atoms with van der Waals surface area (Å²) in [5, 5.41) is 3.62. The summed E-state index contributed by atoms with van der Waals surface area (Å²) < 4.78 is 5.28. The van der Waals surface area contributed by atoms with Crippen LogP contribution in [0.25, 0.3) is 11.1 Å². The molecule has 1 fully saturated rings. The van der Waals surface area contributed by atoms with Gasteiger partial charge in [0.15, 0.2) is 11.0 Å². The van der Waals surface area contributed by atoms with Gasteiger partial charge in [0, 0.05) is 26.2 Å². The highest BCUT2D eigenvalue weighted by atomic mass is 35.5. The lowest BCUT2D eigenvalue weighted by molar-refractivity contribution is 0.313. The molecular weight excluding hydrogens is 400 g/mol. The number of ether oxygens (including phenoxy) is 1. The molecule has 0 radical (unpaired) electrons. The van der Waals surface area contributed by atoms with Crippen LogP contribution in [-0.2, 0) is 0 Å². The van der Waals surface area contributed by atoms with Crippen LogP contribution < -0.4 is 20.7 Å². The van der Waals surface area contributed by atoms with Gasteiger partial charge in [-0.05, 0) is 42.4 Å². The summed E-state index contributed by atoms with van der Waals surface area (Å²) in [6.07, 6.45) is 1.41. The van der Waals surface area contributed by atoms with E-state index in [1.807, 2.05) is 24.3 Å². The third kappa shape index (κ3) is 4.27. The molecule has 0 bridgehead atoms. The van der Waals surface area contributed by atoms with E-state index in [2.05, 4.69) is 50.3 Å². The zero-order valence-corrected chi connectivity index (χ0v) is 17.9. The van der Waals surface area contributed by atoms with Crippen LogP contribution in [0, 0.1) is 0 Å². The summed E-state index contributed by atoms with van der Waals surface area (Å²) in [6, 6.07) is 14.4. The van der Waals surface area contributed by atoms with Crippen molar-refractivity contribution in [3.8, 4) is 16.9 Å². The van der Waals surface area contributed by atoms with E-state index in [9.17, 15) is 0 Å². The van der Waals surface area contributed by atoms with E-state index in [-0.39, 0.29) is 5.15 Å². The topological polar surface area (TPSA) is 79.5 Å². The lowest BCUT2D eigenvalue weighted by atomic mass is 10.0. The summed E-state index contributed by atoms with van der Waals surface area (Å²) in [4.78, 5) is 12.9.